The molecule has 1 aliphatic heterocycles. The van der Waals surface area contributed by atoms with Gasteiger partial charge in [-0.2, -0.15) is 0 Å². The van der Waals surface area contributed by atoms with Gasteiger partial charge in [0.15, 0.2) is 0 Å². The summed E-state index contributed by atoms with van der Waals surface area (Å²) in [5, 5.41) is 6.08. The van der Waals surface area contributed by atoms with Crippen molar-refractivity contribution < 1.29 is 9.53 Å². The van der Waals surface area contributed by atoms with E-state index in [0.717, 1.165) is 37.6 Å². The van der Waals surface area contributed by atoms with Crippen LogP contribution in [0.5, 0.6) is 5.75 Å². The predicted molar refractivity (Wildman–Crippen MR) is 73.7 cm³/mol. The Morgan fingerprint density at radius 2 is 2.11 bits per heavy atom. The lowest BCUT2D eigenvalue weighted by atomic mass is 10.3. The molecule has 1 heterocycles. The molecule has 0 atom stereocenters. The number of methoxy groups -OCH3 is 1. The lowest BCUT2D eigenvalue weighted by Crippen LogP contribution is -2.48. The Morgan fingerprint density at radius 1 is 1.39 bits per heavy atom. The van der Waals surface area contributed by atoms with Gasteiger partial charge in [0.05, 0.1) is 7.11 Å². The second-order valence-electron chi connectivity index (χ2n) is 3.90. The lowest BCUT2D eigenvalue weighted by Gasteiger charge is -2.27. The minimum atomic E-state index is -0.0558. The van der Waals surface area contributed by atoms with E-state index < -0.39 is 0 Å². The number of nitrogens with zero attached hydrogens (tertiary/aromatic N) is 1. The monoisotopic (exact) mass is 271 g/mol. The third kappa shape index (κ3) is 3.78. The average Bonchev–Trinajstić information content (AvgIpc) is 2.40. The molecule has 100 valence electrons. The molecule has 2 rings (SSSR count). The van der Waals surface area contributed by atoms with E-state index in [9.17, 15) is 4.79 Å². The molecule has 5 nitrogen and oxygen atoms in total. The van der Waals surface area contributed by atoms with Gasteiger partial charge in [0.25, 0.3) is 0 Å². The summed E-state index contributed by atoms with van der Waals surface area (Å²) in [7, 11) is 1.61. The summed E-state index contributed by atoms with van der Waals surface area (Å²) < 4.78 is 5.11. The van der Waals surface area contributed by atoms with Crippen LogP contribution in [-0.2, 0) is 0 Å². The van der Waals surface area contributed by atoms with Crippen molar-refractivity contribution >= 4 is 24.1 Å². The van der Waals surface area contributed by atoms with Crippen molar-refractivity contribution in [3.8, 4) is 5.75 Å². The highest BCUT2D eigenvalue weighted by molar-refractivity contribution is 5.89. The van der Waals surface area contributed by atoms with Gasteiger partial charge in [0, 0.05) is 37.9 Å². The van der Waals surface area contributed by atoms with Crippen LogP contribution in [0.3, 0.4) is 0 Å². The number of halogens is 1. The van der Waals surface area contributed by atoms with Crippen molar-refractivity contribution in [3.63, 3.8) is 0 Å². The molecule has 2 amide bonds. The number of amides is 2. The first kappa shape index (κ1) is 14.6. The van der Waals surface area contributed by atoms with Gasteiger partial charge in [-0.25, -0.2) is 4.79 Å². The first-order chi connectivity index (χ1) is 8.29. The number of piperazine rings is 1. The van der Waals surface area contributed by atoms with E-state index in [-0.39, 0.29) is 18.4 Å². The van der Waals surface area contributed by atoms with Gasteiger partial charge in [-0.3, -0.25) is 0 Å². The fourth-order valence-electron chi connectivity index (χ4n) is 1.77. The van der Waals surface area contributed by atoms with Gasteiger partial charge in [0.1, 0.15) is 5.75 Å². The third-order valence-corrected chi connectivity index (χ3v) is 2.73. The van der Waals surface area contributed by atoms with Crippen LogP contribution in [0.25, 0.3) is 0 Å². The normalized spacial score (nSPS) is 14.6. The minimum Gasteiger partial charge on any atom is -0.497 e. The molecule has 1 aliphatic rings. The number of carbonyl (C=O) groups is 1. The molecule has 0 bridgehead atoms. The molecule has 1 aromatic carbocycles. The number of carbonyl (C=O) groups excluding carboxylic acids is 1. The summed E-state index contributed by atoms with van der Waals surface area (Å²) in [5.74, 6) is 0.739. The smallest absolute Gasteiger partial charge is 0.321 e. The van der Waals surface area contributed by atoms with Crippen molar-refractivity contribution in [2.75, 3.05) is 38.6 Å². The molecule has 6 heteroatoms. The first-order valence-corrected chi connectivity index (χ1v) is 5.70. The lowest BCUT2D eigenvalue weighted by molar-refractivity contribution is 0.204. The number of hydrogen-bond donors (Lipinski definition) is 2. The van der Waals surface area contributed by atoms with E-state index in [2.05, 4.69) is 10.6 Å². The Bertz CT molecular complexity index is 395. The number of urea groups is 1. The van der Waals surface area contributed by atoms with Crippen LogP contribution in [0.15, 0.2) is 24.3 Å². The second-order valence-corrected chi connectivity index (χ2v) is 3.90. The van der Waals surface area contributed by atoms with Crippen molar-refractivity contribution in [1.29, 1.82) is 0 Å². The third-order valence-electron chi connectivity index (χ3n) is 2.73. The highest BCUT2D eigenvalue weighted by atomic mass is 35.5. The molecule has 0 aromatic heterocycles. The molecule has 1 saturated heterocycles. The fraction of sp³-hybridized carbons (Fsp3) is 0.417. The summed E-state index contributed by atoms with van der Waals surface area (Å²) in [5.41, 5.74) is 0.757. The zero-order valence-corrected chi connectivity index (χ0v) is 11.1. The van der Waals surface area contributed by atoms with Crippen LogP contribution < -0.4 is 15.4 Å². The Labute approximate surface area is 113 Å². The molecule has 0 aliphatic carbocycles. The van der Waals surface area contributed by atoms with Gasteiger partial charge in [-0.15, -0.1) is 12.4 Å². The Hall–Kier alpha value is -1.46. The van der Waals surface area contributed by atoms with Crippen LogP contribution >= 0.6 is 12.4 Å². The van der Waals surface area contributed by atoms with E-state index in [4.69, 9.17) is 4.74 Å². The molecule has 18 heavy (non-hydrogen) atoms. The molecule has 0 spiro atoms. The van der Waals surface area contributed by atoms with E-state index in [1.807, 2.05) is 18.2 Å². The second kappa shape index (κ2) is 7.08. The van der Waals surface area contributed by atoms with Crippen molar-refractivity contribution in [2.24, 2.45) is 0 Å². The first-order valence-electron chi connectivity index (χ1n) is 5.70. The molecule has 0 radical (unpaired) electrons. The number of rotatable bonds is 2. The van der Waals surface area contributed by atoms with Crippen molar-refractivity contribution in [2.45, 2.75) is 0 Å². The summed E-state index contributed by atoms with van der Waals surface area (Å²) in [6.45, 7) is 3.20. The number of anilines is 1. The van der Waals surface area contributed by atoms with E-state index in [1.54, 1.807) is 18.1 Å². The molecule has 1 aromatic rings. The summed E-state index contributed by atoms with van der Waals surface area (Å²) in [6.07, 6.45) is 0. The van der Waals surface area contributed by atoms with Crippen LogP contribution in [0.4, 0.5) is 10.5 Å². The maximum atomic E-state index is 11.9. The predicted octanol–water partition coefficient (Wildman–Crippen LogP) is 1.55. The molecule has 0 saturated carbocycles. The highest BCUT2D eigenvalue weighted by Crippen LogP contribution is 2.17. The Morgan fingerprint density at radius 3 is 2.78 bits per heavy atom. The van der Waals surface area contributed by atoms with Gasteiger partial charge in [0.2, 0.25) is 0 Å². The molecular formula is C12H18ClN3O2. The summed E-state index contributed by atoms with van der Waals surface area (Å²) >= 11 is 0. The zero-order chi connectivity index (χ0) is 12.1. The van der Waals surface area contributed by atoms with Crippen molar-refractivity contribution in [1.82, 2.24) is 10.2 Å². The Kier molecular flexibility index (Phi) is 5.74. The molecule has 0 unspecified atom stereocenters. The quantitative estimate of drug-likeness (QED) is 0.858. The van der Waals surface area contributed by atoms with Crippen LogP contribution in [-0.4, -0.2) is 44.2 Å². The van der Waals surface area contributed by atoms with Gasteiger partial charge in [-0.05, 0) is 12.1 Å². The highest BCUT2D eigenvalue weighted by Gasteiger charge is 2.15. The SMILES string of the molecule is COc1cccc(NC(=O)N2CCNCC2)c1.Cl. The topological polar surface area (TPSA) is 53.6 Å². The van der Waals surface area contributed by atoms with E-state index in [1.165, 1.54) is 0 Å². The zero-order valence-electron chi connectivity index (χ0n) is 10.3. The maximum absolute atomic E-state index is 11.9. The number of hydrogen-bond acceptors (Lipinski definition) is 3. The number of nitrogens with one attached hydrogen (secondary N) is 2. The fourth-order valence-corrected chi connectivity index (χ4v) is 1.77. The average molecular weight is 272 g/mol. The minimum absolute atomic E-state index is 0. The molecule has 2 N–H and O–H groups in total. The maximum Gasteiger partial charge on any atom is 0.321 e. The largest absolute Gasteiger partial charge is 0.497 e. The summed E-state index contributed by atoms with van der Waals surface area (Å²) in [4.78, 5) is 13.7. The molecular weight excluding hydrogens is 254 g/mol. The standard InChI is InChI=1S/C12H17N3O2.ClH/c1-17-11-4-2-3-10(9-11)14-12(16)15-7-5-13-6-8-15;/h2-4,9,13H,5-8H2,1H3,(H,14,16);1H. The van der Waals surface area contributed by atoms with Gasteiger partial charge < -0.3 is 20.3 Å². The number of benzene rings is 1. The van der Waals surface area contributed by atoms with Gasteiger partial charge >= 0.3 is 6.03 Å². The summed E-state index contributed by atoms with van der Waals surface area (Å²) in [6, 6.07) is 7.30. The Balaban J connectivity index is 0.00000162. The number of ether oxygens (including phenoxy) is 1. The van der Waals surface area contributed by atoms with E-state index in [0.29, 0.717) is 0 Å². The van der Waals surface area contributed by atoms with Crippen LogP contribution in [0.1, 0.15) is 0 Å². The van der Waals surface area contributed by atoms with Gasteiger partial charge in [-0.1, -0.05) is 6.07 Å². The van der Waals surface area contributed by atoms with Crippen LogP contribution in [0, 0.1) is 0 Å². The van der Waals surface area contributed by atoms with Crippen molar-refractivity contribution in [3.05, 3.63) is 24.3 Å². The van der Waals surface area contributed by atoms with Crippen LogP contribution in [0.2, 0.25) is 0 Å². The molecule has 1 fully saturated rings. The van der Waals surface area contributed by atoms with E-state index >= 15 is 0 Å².